The number of rotatable bonds is 8. The highest BCUT2D eigenvalue weighted by molar-refractivity contribution is 5.98. The molecule has 0 aliphatic carbocycles. The second-order valence-corrected chi connectivity index (χ2v) is 5.11. The maximum Gasteiger partial charge on any atom is 0.166 e. The quantitative estimate of drug-likeness (QED) is 0.657. The summed E-state index contributed by atoms with van der Waals surface area (Å²) in [5.74, 6) is 0.877. The first-order valence-electron chi connectivity index (χ1n) is 7.60. The van der Waals surface area contributed by atoms with Gasteiger partial charge in [0.1, 0.15) is 5.75 Å². The summed E-state index contributed by atoms with van der Waals surface area (Å²) >= 11 is 0. The van der Waals surface area contributed by atoms with Crippen molar-refractivity contribution in [1.82, 2.24) is 0 Å². The van der Waals surface area contributed by atoms with Gasteiger partial charge in [0.15, 0.2) is 5.78 Å². The number of carbonyl (C=O) groups excluding carboxylic acids is 1. The average molecular weight is 282 g/mol. The molecule has 2 aromatic carbocycles. The minimum absolute atomic E-state index is 0.164. The van der Waals surface area contributed by atoms with Crippen LogP contribution in [0.2, 0.25) is 0 Å². The topological polar surface area (TPSA) is 26.3 Å². The molecule has 0 aliphatic heterocycles. The highest BCUT2D eigenvalue weighted by Crippen LogP contribution is 2.21. The lowest BCUT2D eigenvalue weighted by Crippen LogP contribution is -2.05. The number of ether oxygens (including phenoxy) is 1. The fourth-order valence-corrected chi connectivity index (χ4v) is 2.27. The van der Waals surface area contributed by atoms with E-state index in [1.54, 1.807) is 0 Å². The van der Waals surface area contributed by atoms with E-state index in [0.29, 0.717) is 24.3 Å². The number of aryl methyl sites for hydroxylation is 1. The monoisotopic (exact) mass is 282 g/mol. The van der Waals surface area contributed by atoms with Crippen LogP contribution in [0.5, 0.6) is 5.75 Å². The molecule has 0 unspecified atom stereocenters. The maximum absolute atomic E-state index is 12.3. The molecule has 2 heteroatoms. The van der Waals surface area contributed by atoms with Crippen LogP contribution >= 0.6 is 0 Å². The Morgan fingerprint density at radius 2 is 1.71 bits per heavy atom. The number of hydrogen-bond donors (Lipinski definition) is 0. The fraction of sp³-hybridized carbons (Fsp3) is 0.316. The summed E-state index contributed by atoms with van der Waals surface area (Å²) in [7, 11) is 0. The third-order valence-electron chi connectivity index (χ3n) is 3.36. The van der Waals surface area contributed by atoms with Gasteiger partial charge in [-0.1, -0.05) is 49.4 Å². The van der Waals surface area contributed by atoms with Crippen LogP contribution < -0.4 is 4.74 Å². The Morgan fingerprint density at radius 1 is 1.00 bits per heavy atom. The zero-order valence-corrected chi connectivity index (χ0v) is 12.5. The molecule has 0 fully saturated rings. The van der Waals surface area contributed by atoms with Crippen LogP contribution in [0.4, 0.5) is 0 Å². The van der Waals surface area contributed by atoms with Gasteiger partial charge in [-0.2, -0.15) is 0 Å². The Kier molecular flexibility index (Phi) is 6.01. The van der Waals surface area contributed by atoms with Crippen LogP contribution in [0.3, 0.4) is 0 Å². The molecule has 0 N–H and O–H groups in total. The van der Waals surface area contributed by atoms with Gasteiger partial charge in [-0.3, -0.25) is 4.79 Å². The number of benzene rings is 2. The van der Waals surface area contributed by atoms with Crippen LogP contribution in [0, 0.1) is 0 Å². The van der Waals surface area contributed by atoms with Gasteiger partial charge in [-0.15, -0.1) is 0 Å². The maximum atomic E-state index is 12.3. The molecule has 2 nitrogen and oxygen atoms in total. The summed E-state index contributed by atoms with van der Waals surface area (Å²) in [5, 5.41) is 0. The Morgan fingerprint density at radius 3 is 2.48 bits per heavy atom. The lowest BCUT2D eigenvalue weighted by molar-refractivity contribution is 0.0976. The average Bonchev–Trinajstić information content (AvgIpc) is 2.54. The third-order valence-corrected chi connectivity index (χ3v) is 3.36. The third kappa shape index (κ3) is 4.75. The molecule has 0 radical (unpaired) electrons. The van der Waals surface area contributed by atoms with Crippen molar-refractivity contribution < 1.29 is 9.53 Å². The van der Waals surface area contributed by atoms with Crippen LogP contribution in [0.25, 0.3) is 0 Å². The molecule has 110 valence electrons. The van der Waals surface area contributed by atoms with E-state index in [-0.39, 0.29) is 5.78 Å². The number of carbonyl (C=O) groups is 1. The normalized spacial score (nSPS) is 10.3. The molecule has 0 saturated heterocycles. The first-order chi connectivity index (χ1) is 10.3. The standard InChI is InChI=1S/C19H22O2/c1-2-15-21-19-14-7-6-12-17(19)18(20)13-8-11-16-9-4-3-5-10-16/h3-7,9-10,12,14H,2,8,11,13,15H2,1H3. The van der Waals surface area contributed by atoms with E-state index < -0.39 is 0 Å². The van der Waals surface area contributed by atoms with Crippen molar-refractivity contribution in [2.75, 3.05) is 6.61 Å². The van der Waals surface area contributed by atoms with Crippen molar-refractivity contribution in [2.45, 2.75) is 32.6 Å². The molecule has 0 aliphatic rings. The molecule has 2 aromatic rings. The van der Waals surface area contributed by atoms with Crippen molar-refractivity contribution in [3.05, 3.63) is 65.7 Å². The largest absolute Gasteiger partial charge is 0.493 e. The number of hydrogen-bond acceptors (Lipinski definition) is 2. The van der Waals surface area contributed by atoms with E-state index in [1.807, 2.05) is 42.5 Å². The van der Waals surface area contributed by atoms with Crippen LogP contribution in [0.1, 0.15) is 42.1 Å². The molecule has 2 rings (SSSR count). The summed E-state index contributed by atoms with van der Waals surface area (Å²) < 4.78 is 5.65. The Labute approximate surface area is 126 Å². The summed E-state index contributed by atoms with van der Waals surface area (Å²) in [6.07, 6.45) is 3.30. The second kappa shape index (κ2) is 8.25. The highest BCUT2D eigenvalue weighted by Gasteiger charge is 2.11. The van der Waals surface area contributed by atoms with Crippen molar-refractivity contribution >= 4 is 5.78 Å². The van der Waals surface area contributed by atoms with Crippen molar-refractivity contribution in [1.29, 1.82) is 0 Å². The molecular weight excluding hydrogens is 260 g/mol. The van der Waals surface area contributed by atoms with E-state index in [4.69, 9.17) is 4.74 Å². The smallest absolute Gasteiger partial charge is 0.166 e. The van der Waals surface area contributed by atoms with Crippen molar-refractivity contribution in [2.24, 2.45) is 0 Å². The summed E-state index contributed by atoms with van der Waals surface area (Å²) in [6, 6.07) is 17.8. The van der Waals surface area contributed by atoms with Gasteiger partial charge in [-0.05, 0) is 37.0 Å². The summed E-state index contributed by atoms with van der Waals surface area (Å²) in [5.41, 5.74) is 1.99. The van der Waals surface area contributed by atoms with Gasteiger partial charge >= 0.3 is 0 Å². The predicted octanol–water partition coefficient (Wildman–Crippen LogP) is 4.68. The minimum atomic E-state index is 0.164. The number of para-hydroxylation sites is 1. The highest BCUT2D eigenvalue weighted by atomic mass is 16.5. The lowest BCUT2D eigenvalue weighted by Gasteiger charge is -2.10. The SMILES string of the molecule is CCCOc1ccccc1C(=O)CCCc1ccccc1. The molecule has 0 aromatic heterocycles. The van der Waals surface area contributed by atoms with Gasteiger partial charge in [0.05, 0.1) is 12.2 Å². The van der Waals surface area contributed by atoms with E-state index in [2.05, 4.69) is 19.1 Å². The molecular formula is C19H22O2. The van der Waals surface area contributed by atoms with Crippen LogP contribution in [0.15, 0.2) is 54.6 Å². The van der Waals surface area contributed by atoms with Gasteiger partial charge in [0.2, 0.25) is 0 Å². The molecule has 0 saturated carbocycles. The lowest BCUT2D eigenvalue weighted by atomic mass is 10.0. The molecule has 21 heavy (non-hydrogen) atoms. The van der Waals surface area contributed by atoms with Crippen molar-refractivity contribution in [3.63, 3.8) is 0 Å². The first-order valence-corrected chi connectivity index (χ1v) is 7.60. The van der Waals surface area contributed by atoms with Gasteiger partial charge in [-0.25, -0.2) is 0 Å². The number of Topliss-reactive ketones (excluding diaryl/α,β-unsaturated/α-hetero) is 1. The summed E-state index contributed by atoms with van der Waals surface area (Å²) in [4.78, 5) is 12.3. The van der Waals surface area contributed by atoms with E-state index in [0.717, 1.165) is 19.3 Å². The predicted molar refractivity (Wildman–Crippen MR) is 85.9 cm³/mol. The van der Waals surface area contributed by atoms with Gasteiger partial charge in [0.25, 0.3) is 0 Å². The van der Waals surface area contributed by atoms with E-state index >= 15 is 0 Å². The van der Waals surface area contributed by atoms with E-state index in [9.17, 15) is 4.79 Å². The van der Waals surface area contributed by atoms with Gasteiger partial charge < -0.3 is 4.74 Å². The zero-order chi connectivity index (χ0) is 14.9. The van der Waals surface area contributed by atoms with Crippen LogP contribution in [-0.4, -0.2) is 12.4 Å². The second-order valence-electron chi connectivity index (χ2n) is 5.11. The molecule has 0 amide bonds. The van der Waals surface area contributed by atoms with Crippen molar-refractivity contribution in [3.8, 4) is 5.75 Å². The van der Waals surface area contributed by atoms with E-state index in [1.165, 1.54) is 5.56 Å². The van der Waals surface area contributed by atoms with Gasteiger partial charge in [0, 0.05) is 6.42 Å². The number of ketones is 1. The zero-order valence-electron chi connectivity index (χ0n) is 12.5. The molecule has 0 bridgehead atoms. The minimum Gasteiger partial charge on any atom is -0.493 e. The Bertz CT molecular complexity index is 561. The first kappa shape index (κ1) is 15.3. The molecule has 0 spiro atoms. The fourth-order valence-electron chi connectivity index (χ4n) is 2.27. The molecule has 0 atom stereocenters. The Balaban J connectivity index is 1.91. The molecule has 0 heterocycles. The van der Waals surface area contributed by atoms with Crippen LogP contribution in [-0.2, 0) is 6.42 Å². The Hall–Kier alpha value is -2.09. The summed E-state index contributed by atoms with van der Waals surface area (Å²) in [6.45, 7) is 2.71.